The predicted molar refractivity (Wildman–Crippen MR) is 83.2 cm³/mol. The molecule has 3 heteroatoms. The van der Waals surface area contributed by atoms with Crippen LogP contribution in [0.3, 0.4) is 0 Å². The number of hydrogen-bond acceptors (Lipinski definition) is 3. The molecule has 1 saturated carbocycles. The number of piperazine rings is 1. The van der Waals surface area contributed by atoms with Crippen LogP contribution in [0.4, 0.5) is 0 Å². The Labute approximate surface area is 122 Å². The van der Waals surface area contributed by atoms with Crippen molar-refractivity contribution in [2.24, 2.45) is 0 Å². The van der Waals surface area contributed by atoms with Crippen molar-refractivity contribution in [1.29, 1.82) is 0 Å². The topological polar surface area (TPSA) is 28.2 Å². The van der Waals surface area contributed by atoms with Gasteiger partial charge in [0.2, 0.25) is 0 Å². The van der Waals surface area contributed by atoms with Gasteiger partial charge in [0.25, 0.3) is 0 Å². The highest BCUT2D eigenvalue weighted by atomic mass is 15.2. The van der Waals surface area contributed by atoms with Gasteiger partial charge in [-0.1, -0.05) is 0 Å². The van der Waals surface area contributed by atoms with E-state index in [1.807, 2.05) is 6.20 Å². The van der Waals surface area contributed by atoms with E-state index in [1.165, 1.54) is 68.7 Å². The maximum atomic E-state index is 4.51. The Hall–Kier alpha value is -0.930. The van der Waals surface area contributed by atoms with Gasteiger partial charge in [0.1, 0.15) is 0 Å². The quantitative estimate of drug-likeness (QED) is 0.898. The molecule has 0 bridgehead atoms. The number of aromatic nitrogens is 1. The second kappa shape index (κ2) is 6.23. The molecular formula is C17H27N3. The second-order valence-electron chi connectivity index (χ2n) is 6.42. The monoisotopic (exact) mass is 273 g/mol. The third-order valence-electron chi connectivity index (χ3n) is 5.18. The van der Waals surface area contributed by atoms with E-state index < -0.39 is 0 Å². The molecule has 0 aromatic carbocycles. The van der Waals surface area contributed by atoms with Crippen molar-refractivity contribution in [1.82, 2.24) is 15.2 Å². The van der Waals surface area contributed by atoms with Crippen molar-refractivity contribution in [2.45, 2.75) is 51.5 Å². The number of pyridine rings is 1. The van der Waals surface area contributed by atoms with Crippen LogP contribution < -0.4 is 5.32 Å². The van der Waals surface area contributed by atoms with E-state index in [-0.39, 0.29) is 0 Å². The normalized spacial score (nSPS) is 28.5. The molecule has 0 atom stereocenters. The summed E-state index contributed by atoms with van der Waals surface area (Å²) in [6, 6.07) is 3.00. The largest absolute Gasteiger partial charge is 0.314 e. The smallest absolute Gasteiger partial charge is 0.0410 e. The summed E-state index contributed by atoms with van der Waals surface area (Å²) >= 11 is 0. The maximum Gasteiger partial charge on any atom is 0.0410 e. The van der Waals surface area contributed by atoms with Crippen LogP contribution in [0, 0.1) is 13.8 Å². The fourth-order valence-electron chi connectivity index (χ4n) is 4.10. The van der Waals surface area contributed by atoms with E-state index in [1.54, 1.807) is 0 Å². The zero-order valence-electron chi connectivity index (χ0n) is 12.9. The molecule has 1 aromatic heterocycles. The molecule has 1 aliphatic carbocycles. The van der Waals surface area contributed by atoms with Crippen LogP contribution in [0.15, 0.2) is 12.3 Å². The van der Waals surface area contributed by atoms with Crippen LogP contribution in [0.1, 0.15) is 48.4 Å². The molecule has 3 rings (SSSR count). The summed E-state index contributed by atoms with van der Waals surface area (Å²) in [6.45, 7) is 9.22. The summed E-state index contributed by atoms with van der Waals surface area (Å²) in [4.78, 5) is 7.21. The van der Waals surface area contributed by atoms with Crippen LogP contribution in [0.25, 0.3) is 0 Å². The average Bonchev–Trinajstić information content (AvgIpc) is 2.49. The molecule has 110 valence electrons. The molecule has 20 heavy (non-hydrogen) atoms. The lowest BCUT2D eigenvalue weighted by molar-refractivity contribution is 0.133. The van der Waals surface area contributed by atoms with Gasteiger partial charge in [-0.25, -0.2) is 0 Å². The summed E-state index contributed by atoms with van der Waals surface area (Å²) in [6.07, 6.45) is 7.33. The maximum absolute atomic E-state index is 4.51. The van der Waals surface area contributed by atoms with Crippen molar-refractivity contribution in [3.63, 3.8) is 0 Å². The zero-order chi connectivity index (χ0) is 13.9. The predicted octanol–water partition coefficient (Wildman–Crippen LogP) is 2.63. The molecule has 3 nitrogen and oxygen atoms in total. The Morgan fingerprint density at radius 3 is 2.45 bits per heavy atom. The molecule has 1 N–H and O–H groups in total. The molecule has 0 spiro atoms. The summed E-state index contributed by atoms with van der Waals surface area (Å²) in [5.41, 5.74) is 4.21. The summed E-state index contributed by atoms with van der Waals surface area (Å²) in [5, 5.41) is 3.45. The third-order valence-corrected chi connectivity index (χ3v) is 5.18. The standard InChI is InChI=1S/C17H27N3/c1-13-7-8-19-14(2)17(13)15-3-5-16(6-4-15)20-11-9-18-10-12-20/h7-8,15-16,18H,3-6,9-12H2,1-2H3. The minimum atomic E-state index is 0.739. The van der Waals surface area contributed by atoms with Gasteiger partial charge in [-0.2, -0.15) is 0 Å². The molecule has 1 aromatic rings. The van der Waals surface area contributed by atoms with Gasteiger partial charge in [-0.05, 0) is 62.6 Å². The van der Waals surface area contributed by atoms with Gasteiger partial charge in [0.05, 0.1) is 0 Å². The Kier molecular flexibility index (Phi) is 4.37. The molecule has 0 unspecified atom stereocenters. The lowest BCUT2D eigenvalue weighted by Crippen LogP contribution is -2.49. The van der Waals surface area contributed by atoms with Crippen LogP contribution >= 0.6 is 0 Å². The van der Waals surface area contributed by atoms with E-state index >= 15 is 0 Å². The number of nitrogens with one attached hydrogen (secondary N) is 1. The fraction of sp³-hybridized carbons (Fsp3) is 0.706. The van der Waals surface area contributed by atoms with Crippen LogP contribution in [0.2, 0.25) is 0 Å². The Bertz CT molecular complexity index is 423. The Morgan fingerprint density at radius 1 is 1.10 bits per heavy atom. The van der Waals surface area contributed by atoms with Gasteiger partial charge in [0.15, 0.2) is 0 Å². The van der Waals surface area contributed by atoms with Gasteiger partial charge in [0, 0.05) is 44.1 Å². The molecule has 0 radical (unpaired) electrons. The van der Waals surface area contributed by atoms with Crippen molar-refractivity contribution in [3.8, 4) is 0 Å². The Balaban J connectivity index is 1.63. The Morgan fingerprint density at radius 2 is 1.80 bits per heavy atom. The SMILES string of the molecule is Cc1ccnc(C)c1C1CCC(N2CCNCC2)CC1. The van der Waals surface area contributed by atoms with E-state index in [2.05, 4.69) is 35.1 Å². The molecule has 2 aliphatic rings. The summed E-state index contributed by atoms with van der Waals surface area (Å²) in [5.74, 6) is 0.739. The second-order valence-corrected chi connectivity index (χ2v) is 6.42. The summed E-state index contributed by atoms with van der Waals surface area (Å²) < 4.78 is 0. The van der Waals surface area contributed by atoms with Crippen molar-refractivity contribution >= 4 is 0 Å². The fourth-order valence-corrected chi connectivity index (χ4v) is 4.10. The van der Waals surface area contributed by atoms with Gasteiger partial charge < -0.3 is 5.32 Å². The number of rotatable bonds is 2. The van der Waals surface area contributed by atoms with Crippen LogP contribution in [0.5, 0.6) is 0 Å². The summed E-state index contributed by atoms with van der Waals surface area (Å²) in [7, 11) is 0. The minimum Gasteiger partial charge on any atom is -0.314 e. The number of aryl methyl sites for hydroxylation is 2. The van der Waals surface area contributed by atoms with E-state index in [0.29, 0.717) is 0 Å². The molecule has 1 aliphatic heterocycles. The van der Waals surface area contributed by atoms with Crippen molar-refractivity contribution in [2.75, 3.05) is 26.2 Å². The highest BCUT2D eigenvalue weighted by Crippen LogP contribution is 2.37. The van der Waals surface area contributed by atoms with E-state index in [9.17, 15) is 0 Å². The third kappa shape index (κ3) is 2.89. The van der Waals surface area contributed by atoms with Crippen molar-refractivity contribution in [3.05, 3.63) is 29.1 Å². The average molecular weight is 273 g/mol. The molecule has 1 saturated heterocycles. The zero-order valence-corrected chi connectivity index (χ0v) is 12.9. The molecular weight excluding hydrogens is 246 g/mol. The van der Waals surface area contributed by atoms with Crippen LogP contribution in [-0.4, -0.2) is 42.1 Å². The van der Waals surface area contributed by atoms with Crippen LogP contribution in [-0.2, 0) is 0 Å². The minimum absolute atomic E-state index is 0.739. The highest BCUT2D eigenvalue weighted by molar-refractivity contribution is 5.32. The van der Waals surface area contributed by atoms with Gasteiger partial charge in [-0.3, -0.25) is 9.88 Å². The first-order valence-corrected chi connectivity index (χ1v) is 8.12. The number of hydrogen-bond donors (Lipinski definition) is 1. The first kappa shape index (κ1) is 14.0. The lowest BCUT2D eigenvalue weighted by Gasteiger charge is -2.39. The van der Waals surface area contributed by atoms with E-state index in [4.69, 9.17) is 0 Å². The lowest BCUT2D eigenvalue weighted by atomic mass is 9.79. The van der Waals surface area contributed by atoms with Gasteiger partial charge in [-0.15, -0.1) is 0 Å². The molecule has 2 heterocycles. The molecule has 2 fully saturated rings. The first-order chi connectivity index (χ1) is 9.75. The molecule has 0 amide bonds. The highest BCUT2D eigenvalue weighted by Gasteiger charge is 2.28. The van der Waals surface area contributed by atoms with E-state index in [0.717, 1.165) is 12.0 Å². The van der Waals surface area contributed by atoms with Crippen molar-refractivity contribution < 1.29 is 0 Å². The number of nitrogens with zero attached hydrogens (tertiary/aromatic N) is 2. The van der Waals surface area contributed by atoms with Gasteiger partial charge >= 0.3 is 0 Å². The first-order valence-electron chi connectivity index (χ1n) is 8.12.